The van der Waals surface area contributed by atoms with E-state index in [4.69, 9.17) is 19.2 Å². The lowest BCUT2D eigenvalue weighted by Gasteiger charge is -2.38. The highest BCUT2D eigenvalue weighted by Crippen LogP contribution is 2.45. The van der Waals surface area contributed by atoms with Gasteiger partial charge in [-0.15, -0.1) is 0 Å². The van der Waals surface area contributed by atoms with Gasteiger partial charge in [-0.05, 0) is 37.0 Å². The first-order valence-corrected chi connectivity index (χ1v) is 13.1. The van der Waals surface area contributed by atoms with Crippen molar-refractivity contribution in [1.29, 1.82) is 0 Å². The molecular weight excluding hydrogens is 480 g/mol. The summed E-state index contributed by atoms with van der Waals surface area (Å²) >= 11 is 1.48. The molecule has 0 radical (unpaired) electrons. The van der Waals surface area contributed by atoms with Crippen molar-refractivity contribution >= 4 is 28.8 Å². The highest BCUT2D eigenvalue weighted by atomic mass is 32.2. The Hall–Kier alpha value is -2.82. The van der Waals surface area contributed by atoms with E-state index in [0.717, 1.165) is 36.1 Å². The van der Waals surface area contributed by atoms with E-state index in [0.29, 0.717) is 36.7 Å². The fourth-order valence-electron chi connectivity index (χ4n) is 4.67. The summed E-state index contributed by atoms with van der Waals surface area (Å²) in [4.78, 5) is 37.4. The standard InChI is InChI=1S/C26H34N4O5S/c1-5-35-25(32)23-18(2)27-26-30(24(23)19-7-6-8-21(15-19)34-4)20(17-36-26)16-22(31)29-11-9-28(10-12-29)13-14-33-3/h6-8,15,17,24H,5,9-14,16H2,1-4H3/t24-/m0/s1. The predicted molar refractivity (Wildman–Crippen MR) is 140 cm³/mol. The molecule has 9 nitrogen and oxygen atoms in total. The highest BCUT2D eigenvalue weighted by molar-refractivity contribution is 8.16. The molecule has 3 heterocycles. The molecule has 1 atom stereocenters. The van der Waals surface area contributed by atoms with E-state index in [1.807, 2.05) is 46.4 Å². The monoisotopic (exact) mass is 514 g/mol. The zero-order chi connectivity index (χ0) is 25.7. The van der Waals surface area contributed by atoms with Crippen LogP contribution in [0.1, 0.15) is 31.9 Å². The number of methoxy groups -OCH3 is 2. The number of benzene rings is 1. The number of rotatable bonds is 9. The summed E-state index contributed by atoms with van der Waals surface area (Å²) in [5, 5.41) is 2.72. The van der Waals surface area contributed by atoms with E-state index in [9.17, 15) is 9.59 Å². The number of amidine groups is 1. The first-order chi connectivity index (χ1) is 17.5. The van der Waals surface area contributed by atoms with Gasteiger partial charge in [0.1, 0.15) is 5.75 Å². The molecule has 1 amide bonds. The molecule has 0 unspecified atom stereocenters. The van der Waals surface area contributed by atoms with Crippen LogP contribution in [-0.4, -0.2) is 91.9 Å². The van der Waals surface area contributed by atoms with Crippen molar-refractivity contribution in [3.8, 4) is 5.75 Å². The Kier molecular flexibility index (Phi) is 8.71. The topological polar surface area (TPSA) is 83.9 Å². The normalized spacial score (nSPS) is 20.2. The van der Waals surface area contributed by atoms with Gasteiger partial charge in [0.05, 0.1) is 44.1 Å². The first-order valence-electron chi connectivity index (χ1n) is 12.2. The molecule has 0 saturated carbocycles. The van der Waals surface area contributed by atoms with Crippen LogP contribution in [0, 0.1) is 0 Å². The van der Waals surface area contributed by atoms with Crippen molar-refractivity contribution < 1.29 is 23.8 Å². The number of piperazine rings is 1. The van der Waals surface area contributed by atoms with Gasteiger partial charge >= 0.3 is 5.97 Å². The molecule has 0 N–H and O–H groups in total. The molecule has 3 aliphatic heterocycles. The zero-order valence-electron chi connectivity index (χ0n) is 21.4. The number of carbonyl (C=O) groups excluding carboxylic acids is 2. The molecule has 1 fully saturated rings. The Bertz CT molecular complexity index is 1080. The number of allylic oxidation sites excluding steroid dienone is 1. The molecular formula is C26H34N4O5S. The average molecular weight is 515 g/mol. The smallest absolute Gasteiger partial charge is 0.338 e. The van der Waals surface area contributed by atoms with Crippen LogP contribution in [0.2, 0.25) is 0 Å². The Morgan fingerprint density at radius 2 is 1.94 bits per heavy atom. The van der Waals surface area contributed by atoms with Crippen LogP contribution < -0.4 is 4.74 Å². The fraction of sp³-hybridized carbons (Fsp3) is 0.500. The van der Waals surface area contributed by atoms with E-state index < -0.39 is 12.0 Å². The maximum absolute atomic E-state index is 13.3. The molecule has 3 aliphatic rings. The quantitative estimate of drug-likeness (QED) is 0.465. The van der Waals surface area contributed by atoms with E-state index in [2.05, 4.69) is 4.90 Å². The van der Waals surface area contributed by atoms with E-state index in [1.54, 1.807) is 21.1 Å². The van der Waals surface area contributed by atoms with Crippen LogP contribution >= 0.6 is 11.8 Å². The van der Waals surface area contributed by atoms with Crippen LogP contribution in [0.25, 0.3) is 0 Å². The number of nitrogens with zero attached hydrogens (tertiary/aromatic N) is 4. The summed E-state index contributed by atoms with van der Waals surface area (Å²) < 4.78 is 16.1. The summed E-state index contributed by atoms with van der Waals surface area (Å²) in [6.07, 6.45) is 0.236. The Balaban J connectivity index is 1.57. The number of fused-ring (bicyclic) bond motifs is 1. The van der Waals surface area contributed by atoms with E-state index in [-0.39, 0.29) is 18.9 Å². The summed E-state index contributed by atoms with van der Waals surface area (Å²) in [5.41, 5.74) is 2.79. The third kappa shape index (κ3) is 5.61. The minimum atomic E-state index is -0.466. The summed E-state index contributed by atoms with van der Waals surface area (Å²) in [5.74, 6) is 0.362. The molecule has 1 aromatic carbocycles. The van der Waals surface area contributed by atoms with Crippen LogP contribution in [0.5, 0.6) is 5.75 Å². The van der Waals surface area contributed by atoms with Gasteiger partial charge in [0.25, 0.3) is 0 Å². The van der Waals surface area contributed by atoms with Crippen LogP contribution in [0.15, 0.2) is 51.6 Å². The maximum Gasteiger partial charge on any atom is 0.338 e. The van der Waals surface area contributed by atoms with Gasteiger partial charge in [-0.3, -0.25) is 9.69 Å². The lowest BCUT2D eigenvalue weighted by atomic mass is 9.93. The van der Waals surface area contributed by atoms with Gasteiger partial charge in [0.2, 0.25) is 5.91 Å². The van der Waals surface area contributed by atoms with Gasteiger partial charge < -0.3 is 24.0 Å². The molecule has 0 aliphatic carbocycles. The van der Waals surface area contributed by atoms with Crippen molar-refractivity contribution in [1.82, 2.24) is 14.7 Å². The predicted octanol–water partition coefficient (Wildman–Crippen LogP) is 3.01. The Morgan fingerprint density at radius 3 is 2.64 bits per heavy atom. The molecule has 36 heavy (non-hydrogen) atoms. The number of hydrogen-bond donors (Lipinski definition) is 0. The van der Waals surface area contributed by atoms with Crippen molar-refractivity contribution in [2.75, 3.05) is 60.2 Å². The molecule has 1 aromatic rings. The second kappa shape index (κ2) is 11.9. The third-order valence-electron chi connectivity index (χ3n) is 6.57. The van der Waals surface area contributed by atoms with E-state index >= 15 is 0 Å². The van der Waals surface area contributed by atoms with Crippen LogP contribution in [0.4, 0.5) is 0 Å². The molecule has 4 rings (SSSR count). The molecule has 0 spiro atoms. The van der Waals surface area contributed by atoms with Gasteiger partial charge in [-0.25, -0.2) is 9.79 Å². The minimum Gasteiger partial charge on any atom is -0.497 e. The number of amides is 1. The summed E-state index contributed by atoms with van der Waals surface area (Å²) in [6.45, 7) is 8.50. The fourth-order valence-corrected chi connectivity index (χ4v) is 5.64. The van der Waals surface area contributed by atoms with Gasteiger partial charge in [0.15, 0.2) is 5.17 Å². The number of aliphatic imine (C=N–C) groups is 1. The maximum atomic E-state index is 13.3. The van der Waals surface area contributed by atoms with Gasteiger partial charge in [-0.2, -0.15) is 0 Å². The van der Waals surface area contributed by atoms with Crippen molar-refractivity contribution in [2.24, 2.45) is 4.99 Å². The molecule has 0 bridgehead atoms. The Morgan fingerprint density at radius 1 is 1.17 bits per heavy atom. The first kappa shape index (κ1) is 26.2. The molecule has 10 heteroatoms. The molecule has 194 valence electrons. The molecule has 1 saturated heterocycles. The van der Waals surface area contributed by atoms with Crippen LogP contribution in [0.3, 0.4) is 0 Å². The highest BCUT2D eigenvalue weighted by Gasteiger charge is 2.41. The number of esters is 1. The SMILES string of the molecule is CCOC(=O)C1=C(C)N=C2SC=C(CC(=O)N3CCN(CCOC)CC3)N2[C@H]1c1cccc(OC)c1. The lowest BCUT2D eigenvalue weighted by Crippen LogP contribution is -2.49. The Labute approximate surface area is 216 Å². The number of thioether (sulfide) groups is 1. The number of ether oxygens (including phenoxy) is 3. The summed E-state index contributed by atoms with van der Waals surface area (Å²) in [6, 6.07) is 7.18. The van der Waals surface area contributed by atoms with E-state index in [1.165, 1.54) is 11.8 Å². The second-order valence-corrected chi connectivity index (χ2v) is 9.62. The van der Waals surface area contributed by atoms with Crippen molar-refractivity contribution in [3.63, 3.8) is 0 Å². The molecule has 0 aromatic heterocycles. The average Bonchev–Trinajstić information content (AvgIpc) is 3.28. The second-order valence-electron chi connectivity index (χ2n) is 8.78. The number of hydrogen-bond acceptors (Lipinski definition) is 9. The number of carbonyl (C=O) groups is 2. The van der Waals surface area contributed by atoms with Gasteiger partial charge in [-0.1, -0.05) is 23.9 Å². The third-order valence-corrected chi connectivity index (χ3v) is 7.46. The zero-order valence-corrected chi connectivity index (χ0v) is 22.2. The van der Waals surface area contributed by atoms with Crippen molar-refractivity contribution in [3.05, 3.63) is 52.2 Å². The lowest BCUT2D eigenvalue weighted by molar-refractivity contribution is -0.139. The van der Waals surface area contributed by atoms with Crippen molar-refractivity contribution in [2.45, 2.75) is 26.3 Å². The summed E-state index contributed by atoms with van der Waals surface area (Å²) in [7, 11) is 3.32. The van der Waals surface area contributed by atoms with Crippen LogP contribution in [-0.2, 0) is 19.1 Å². The largest absolute Gasteiger partial charge is 0.497 e. The van der Waals surface area contributed by atoms with Gasteiger partial charge in [0, 0.05) is 45.5 Å². The minimum absolute atomic E-state index is 0.0721.